The predicted molar refractivity (Wildman–Crippen MR) is 149 cm³/mol. The third-order valence-electron chi connectivity index (χ3n) is 7.33. The summed E-state index contributed by atoms with van der Waals surface area (Å²) < 4.78 is 5.50. The Kier molecular flexibility index (Phi) is 7.75. The second-order valence-corrected chi connectivity index (χ2v) is 9.81. The van der Waals surface area contributed by atoms with Crippen molar-refractivity contribution in [3.63, 3.8) is 0 Å². The first-order valence-corrected chi connectivity index (χ1v) is 13.0. The van der Waals surface area contributed by atoms with E-state index in [1.807, 2.05) is 79.0 Å². The summed E-state index contributed by atoms with van der Waals surface area (Å²) in [4.78, 5) is 34.6. The summed E-state index contributed by atoms with van der Waals surface area (Å²) in [7, 11) is 3.43. The number of methoxy groups -OCH3 is 1. The van der Waals surface area contributed by atoms with Gasteiger partial charge < -0.3 is 24.8 Å². The third-order valence-corrected chi connectivity index (χ3v) is 7.33. The second-order valence-electron chi connectivity index (χ2n) is 9.81. The number of para-hydroxylation sites is 2. The number of carbonyl (C=O) groups excluding carboxylic acids is 2. The van der Waals surface area contributed by atoms with Crippen molar-refractivity contribution in [3.8, 4) is 5.75 Å². The van der Waals surface area contributed by atoms with Gasteiger partial charge in [0.15, 0.2) is 0 Å². The number of ether oxygens (including phenoxy) is 1. The first-order valence-electron chi connectivity index (χ1n) is 13.0. The van der Waals surface area contributed by atoms with Crippen molar-refractivity contribution >= 4 is 22.7 Å². The number of nitrogens with one attached hydrogen (secondary N) is 2. The van der Waals surface area contributed by atoms with E-state index >= 15 is 0 Å². The van der Waals surface area contributed by atoms with Gasteiger partial charge in [0.25, 0.3) is 0 Å². The smallest absolute Gasteiger partial charge is 0.245 e. The molecule has 0 spiro atoms. The molecule has 0 unspecified atom stereocenters. The summed E-state index contributed by atoms with van der Waals surface area (Å²) in [6, 6.07) is 24.7. The van der Waals surface area contributed by atoms with Gasteiger partial charge in [-0.05, 0) is 29.7 Å². The van der Waals surface area contributed by atoms with Crippen LogP contribution in [-0.2, 0) is 29.0 Å². The van der Waals surface area contributed by atoms with Gasteiger partial charge >= 0.3 is 0 Å². The van der Waals surface area contributed by atoms with E-state index < -0.39 is 12.1 Å². The Balaban J connectivity index is 1.39. The Morgan fingerprint density at radius 2 is 1.76 bits per heavy atom. The molecular weight excluding hydrogens is 476 g/mol. The zero-order valence-corrected chi connectivity index (χ0v) is 21.9. The molecule has 0 aliphatic carbocycles. The number of aromatic amines is 1. The third kappa shape index (κ3) is 5.43. The summed E-state index contributed by atoms with van der Waals surface area (Å²) in [5, 5.41) is 4.52. The van der Waals surface area contributed by atoms with Crippen molar-refractivity contribution in [2.24, 2.45) is 0 Å². The molecule has 2 atom stereocenters. The molecule has 3 aromatic carbocycles. The highest BCUT2D eigenvalue weighted by Crippen LogP contribution is 2.23. The van der Waals surface area contributed by atoms with Crippen molar-refractivity contribution in [2.75, 3.05) is 27.2 Å². The molecule has 4 aromatic rings. The first kappa shape index (κ1) is 25.5. The predicted octanol–water partition coefficient (Wildman–Crippen LogP) is 3.79. The lowest BCUT2D eigenvalue weighted by atomic mass is 9.98. The van der Waals surface area contributed by atoms with Crippen LogP contribution in [0.5, 0.6) is 5.75 Å². The normalized spacial score (nSPS) is 16.4. The van der Waals surface area contributed by atoms with E-state index in [4.69, 9.17) is 4.74 Å². The molecular formula is C31H34N4O3. The largest absolute Gasteiger partial charge is 0.496 e. The van der Waals surface area contributed by atoms with Crippen LogP contribution in [0.25, 0.3) is 10.9 Å². The Morgan fingerprint density at radius 1 is 1.03 bits per heavy atom. The van der Waals surface area contributed by atoms with Crippen LogP contribution in [-0.4, -0.2) is 65.9 Å². The van der Waals surface area contributed by atoms with Gasteiger partial charge in [-0.2, -0.15) is 0 Å². The number of fused-ring (bicyclic) bond motifs is 1. The lowest BCUT2D eigenvalue weighted by molar-refractivity contribution is -0.148. The molecule has 38 heavy (non-hydrogen) atoms. The van der Waals surface area contributed by atoms with Crippen LogP contribution in [0.4, 0.5) is 0 Å². The molecule has 5 rings (SSSR count). The molecule has 1 aromatic heterocycles. The lowest BCUT2D eigenvalue weighted by Crippen LogP contribution is -2.62. The van der Waals surface area contributed by atoms with Gasteiger partial charge in [-0.15, -0.1) is 0 Å². The van der Waals surface area contributed by atoms with Gasteiger partial charge in [-0.25, -0.2) is 0 Å². The molecule has 7 heteroatoms. The average Bonchev–Trinajstić information content (AvgIpc) is 3.36. The zero-order valence-electron chi connectivity index (χ0n) is 21.9. The molecule has 196 valence electrons. The van der Waals surface area contributed by atoms with Crippen LogP contribution in [0.3, 0.4) is 0 Å². The Morgan fingerprint density at radius 3 is 2.58 bits per heavy atom. The average molecular weight is 511 g/mol. The van der Waals surface area contributed by atoms with Crippen LogP contribution < -0.4 is 10.1 Å². The van der Waals surface area contributed by atoms with E-state index in [-0.39, 0.29) is 11.8 Å². The van der Waals surface area contributed by atoms with Crippen LogP contribution >= 0.6 is 0 Å². The molecule has 1 fully saturated rings. The van der Waals surface area contributed by atoms with Gasteiger partial charge in [-0.3, -0.25) is 9.59 Å². The Bertz CT molecular complexity index is 1400. The number of hydrogen-bond donors (Lipinski definition) is 2. The minimum absolute atomic E-state index is 0.0403. The molecule has 1 aliphatic heterocycles. The fourth-order valence-corrected chi connectivity index (χ4v) is 5.34. The molecule has 2 heterocycles. The number of piperazine rings is 1. The number of benzene rings is 3. The van der Waals surface area contributed by atoms with Crippen molar-refractivity contribution in [1.29, 1.82) is 0 Å². The summed E-state index contributed by atoms with van der Waals surface area (Å²) >= 11 is 0. The topological polar surface area (TPSA) is 77.7 Å². The van der Waals surface area contributed by atoms with Crippen LogP contribution in [0, 0.1) is 0 Å². The number of H-pyrrole nitrogens is 1. The monoisotopic (exact) mass is 510 g/mol. The van der Waals surface area contributed by atoms with E-state index in [1.165, 1.54) is 0 Å². The Labute approximate surface area is 223 Å². The zero-order chi connectivity index (χ0) is 26.5. The highest BCUT2D eigenvalue weighted by Gasteiger charge is 2.38. The van der Waals surface area contributed by atoms with Gasteiger partial charge in [0.1, 0.15) is 11.8 Å². The van der Waals surface area contributed by atoms with E-state index in [0.29, 0.717) is 32.5 Å². The van der Waals surface area contributed by atoms with Gasteiger partial charge in [0.05, 0.1) is 13.2 Å². The number of likely N-dealkylation sites (N-methyl/N-ethyl adjacent to an activating group) is 1. The maximum atomic E-state index is 14.0. The van der Waals surface area contributed by atoms with Crippen LogP contribution in [0.15, 0.2) is 85.1 Å². The first-order chi connectivity index (χ1) is 18.5. The fraction of sp³-hybridized carbons (Fsp3) is 0.290. The minimum atomic E-state index is -0.600. The van der Waals surface area contributed by atoms with Crippen LogP contribution in [0.2, 0.25) is 0 Å². The van der Waals surface area contributed by atoms with Gasteiger partial charge in [-0.1, -0.05) is 66.7 Å². The molecule has 2 amide bonds. The van der Waals surface area contributed by atoms with Crippen molar-refractivity contribution < 1.29 is 14.3 Å². The fourth-order valence-electron chi connectivity index (χ4n) is 5.34. The summed E-state index contributed by atoms with van der Waals surface area (Å²) in [5.41, 5.74) is 4.09. The molecule has 0 saturated carbocycles. The maximum Gasteiger partial charge on any atom is 0.245 e. The standard InChI is InChI=1S/C31H34N4O3/c1-34(21-23-12-6-9-15-29(23)38-2)31(37)28(18-22-10-4-3-5-11-22)35-17-16-32-27(30(35)36)19-24-20-33-26-14-8-7-13-25(24)26/h3-15,20,27-28,32-33H,16-19,21H2,1-2H3/t27-,28-/m1/s1. The molecule has 1 saturated heterocycles. The van der Waals surface area contributed by atoms with E-state index in [2.05, 4.69) is 16.4 Å². The van der Waals surface area contributed by atoms with Gasteiger partial charge in [0, 0.05) is 55.8 Å². The number of aromatic nitrogens is 1. The Hall–Kier alpha value is -4.10. The molecule has 0 radical (unpaired) electrons. The van der Waals surface area contributed by atoms with Crippen LogP contribution in [0.1, 0.15) is 16.7 Å². The number of hydrogen-bond acceptors (Lipinski definition) is 4. The molecule has 7 nitrogen and oxygen atoms in total. The lowest BCUT2D eigenvalue weighted by Gasteiger charge is -2.39. The summed E-state index contributed by atoms with van der Waals surface area (Å²) in [5.74, 6) is 0.617. The summed E-state index contributed by atoms with van der Waals surface area (Å²) in [6.07, 6.45) is 3.00. The van der Waals surface area contributed by atoms with E-state index in [1.54, 1.807) is 24.0 Å². The SMILES string of the molecule is COc1ccccc1CN(C)C(=O)[C@@H](Cc1ccccc1)N1CCN[C@H](Cc2c[nH]c3ccccc23)C1=O. The number of carbonyl (C=O) groups is 2. The second kappa shape index (κ2) is 11.5. The molecule has 2 N–H and O–H groups in total. The molecule has 1 aliphatic rings. The van der Waals surface area contributed by atoms with Crippen molar-refractivity contribution in [3.05, 3.63) is 102 Å². The number of nitrogens with zero attached hydrogens (tertiary/aromatic N) is 2. The number of rotatable bonds is 9. The van der Waals surface area contributed by atoms with E-state index in [9.17, 15) is 9.59 Å². The summed E-state index contributed by atoms with van der Waals surface area (Å²) in [6.45, 7) is 1.51. The number of amides is 2. The van der Waals surface area contributed by atoms with Crippen molar-refractivity contribution in [2.45, 2.75) is 31.5 Å². The molecule has 0 bridgehead atoms. The van der Waals surface area contributed by atoms with E-state index in [0.717, 1.165) is 33.3 Å². The van der Waals surface area contributed by atoms with Crippen molar-refractivity contribution in [1.82, 2.24) is 20.1 Å². The maximum absolute atomic E-state index is 14.0. The quantitative estimate of drug-likeness (QED) is 0.359. The van der Waals surface area contributed by atoms with Gasteiger partial charge in [0.2, 0.25) is 11.8 Å². The highest BCUT2D eigenvalue weighted by molar-refractivity contribution is 5.91. The highest BCUT2D eigenvalue weighted by atomic mass is 16.5. The minimum Gasteiger partial charge on any atom is -0.496 e.